The summed E-state index contributed by atoms with van der Waals surface area (Å²) in [6.07, 6.45) is 2.11. The molecular formula is C17H16N4O4. The highest BCUT2D eigenvalue weighted by atomic mass is 16.5. The lowest BCUT2D eigenvalue weighted by Crippen LogP contribution is -2.32. The van der Waals surface area contributed by atoms with Crippen LogP contribution in [-0.4, -0.2) is 34.8 Å². The molecule has 8 heteroatoms. The van der Waals surface area contributed by atoms with E-state index in [4.69, 9.17) is 13.9 Å². The molecule has 4 rings (SSSR count). The SMILES string of the molecule is COc1ccc2c(c1)C[C@H](C(=O)Nc1n[nH]c(-c3ccco3)n1)CO2. The molecule has 0 fully saturated rings. The Bertz CT molecular complexity index is 888. The fraction of sp³-hybridized carbons (Fsp3) is 0.235. The van der Waals surface area contributed by atoms with Gasteiger partial charge in [-0.3, -0.25) is 15.2 Å². The number of hydrogen-bond donors (Lipinski definition) is 2. The Morgan fingerprint density at radius 1 is 1.40 bits per heavy atom. The lowest BCUT2D eigenvalue weighted by Gasteiger charge is -2.24. The number of H-pyrrole nitrogens is 1. The zero-order valence-electron chi connectivity index (χ0n) is 13.5. The summed E-state index contributed by atoms with van der Waals surface area (Å²) in [5, 5.41) is 9.43. The van der Waals surface area contributed by atoms with Gasteiger partial charge in [0.05, 0.1) is 19.3 Å². The summed E-state index contributed by atoms with van der Waals surface area (Å²) in [6, 6.07) is 9.08. The maximum Gasteiger partial charge on any atom is 0.249 e. The molecule has 0 radical (unpaired) electrons. The highest BCUT2D eigenvalue weighted by Crippen LogP contribution is 2.31. The Balaban J connectivity index is 1.45. The van der Waals surface area contributed by atoms with Gasteiger partial charge in [-0.05, 0) is 42.3 Å². The van der Waals surface area contributed by atoms with E-state index < -0.39 is 0 Å². The molecule has 3 heterocycles. The third-order valence-corrected chi connectivity index (χ3v) is 4.02. The first-order valence-electron chi connectivity index (χ1n) is 7.80. The number of carbonyl (C=O) groups excluding carboxylic acids is 1. The first-order valence-corrected chi connectivity index (χ1v) is 7.80. The molecule has 0 bridgehead atoms. The fourth-order valence-corrected chi connectivity index (χ4v) is 2.72. The monoisotopic (exact) mass is 340 g/mol. The molecule has 0 saturated heterocycles. The van der Waals surface area contributed by atoms with E-state index in [-0.39, 0.29) is 17.8 Å². The van der Waals surface area contributed by atoms with Crippen molar-refractivity contribution < 1.29 is 18.7 Å². The van der Waals surface area contributed by atoms with Crippen molar-refractivity contribution in [3.05, 3.63) is 42.2 Å². The molecule has 1 aliphatic heterocycles. The number of rotatable bonds is 4. The van der Waals surface area contributed by atoms with Crippen molar-refractivity contribution in [2.45, 2.75) is 6.42 Å². The first-order chi connectivity index (χ1) is 12.2. The summed E-state index contributed by atoms with van der Waals surface area (Å²) in [7, 11) is 1.61. The molecule has 1 atom stereocenters. The summed E-state index contributed by atoms with van der Waals surface area (Å²) in [5.41, 5.74) is 0.942. The highest BCUT2D eigenvalue weighted by Gasteiger charge is 2.27. The van der Waals surface area contributed by atoms with Gasteiger partial charge in [-0.2, -0.15) is 4.98 Å². The molecule has 0 unspecified atom stereocenters. The molecule has 2 N–H and O–H groups in total. The molecule has 0 aliphatic carbocycles. The van der Waals surface area contributed by atoms with E-state index in [0.29, 0.717) is 24.6 Å². The third-order valence-electron chi connectivity index (χ3n) is 4.02. The lowest BCUT2D eigenvalue weighted by molar-refractivity contribution is -0.121. The van der Waals surface area contributed by atoms with Crippen molar-refractivity contribution in [2.24, 2.45) is 5.92 Å². The number of furan rings is 1. The number of anilines is 1. The molecule has 3 aromatic rings. The van der Waals surface area contributed by atoms with E-state index in [2.05, 4.69) is 20.5 Å². The highest BCUT2D eigenvalue weighted by molar-refractivity contribution is 5.91. The van der Waals surface area contributed by atoms with Crippen molar-refractivity contribution in [1.82, 2.24) is 15.2 Å². The smallest absolute Gasteiger partial charge is 0.249 e. The Morgan fingerprint density at radius 2 is 2.32 bits per heavy atom. The minimum atomic E-state index is -0.329. The molecule has 128 valence electrons. The molecule has 25 heavy (non-hydrogen) atoms. The van der Waals surface area contributed by atoms with Crippen molar-refractivity contribution in [1.29, 1.82) is 0 Å². The minimum absolute atomic E-state index is 0.196. The van der Waals surface area contributed by atoms with Gasteiger partial charge >= 0.3 is 0 Å². The van der Waals surface area contributed by atoms with Crippen LogP contribution in [0.5, 0.6) is 11.5 Å². The third kappa shape index (κ3) is 3.06. The van der Waals surface area contributed by atoms with Crippen LogP contribution in [0.3, 0.4) is 0 Å². The Labute approximate surface area is 143 Å². The van der Waals surface area contributed by atoms with Gasteiger partial charge in [0.2, 0.25) is 11.9 Å². The number of hydrogen-bond acceptors (Lipinski definition) is 6. The van der Waals surface area contributed by atoms with E-state index in [1.807, 2.05) is 18.2 Å². The first kappa shape index (κ1) is 15.3. The second-order valence-corrected chi connectivity index (χ2v) is 5.66. The zero-order valence-corrected chi connectivity index (χ0v) is 13.5. The largest absolute Gasteiger partial charge is 0.497 e. The predicted octanol–water partition coefficient (Wildman–Crippen LogP) is 2.26. The van der Waals surface area contributed by atoms with E-state index in [0.717, 1.165) is 17.1 Å². The summed E-state index contributed by atoms with van der Waals surface area (Å²) in [5.74, 6) is 2.20. The van der Waals surface area contributed by atoms with Gasteiger partial charge in [-0.1, -0.05) is 0 Å². The zero-order chi connectivity index (χ0) is 17.2. The van der Waals surface area contributed by atoms with Crippen molar-refractivity contribution >= 4 is 11.9 Å². The van der Waals surface area contributed by atoms with Gasteiger partial charge < -0.3 is 13.9 Å². The average Bonchev–Trinajstić information content (AvgIpc) is 3.32. The van der Waals surface area contributed by atoms with E-state index in [1.165, 1.54) is 0 Å². The standard InChI is InChI=1S/C17H16N4O4/c1-23-12-4-5-13-10(8-12)7-11(9-25-13)16(22)19-17-18-15(20-21-17)14-3-2-6-24-14/h2-6,8,11H,7,9H2,1H3,(H2,18,19,20,21,22)/t11-/m0/s1. The van der Waals surface area contributed by atoms with E-state index >= 15 is 0 Å². The summed E-state index contributed by atoms with van der Waals surface area (Å²) >= 11 is 0. The normalized spacial score (nSPS) is 16.0. The molecule has 8 nitrogen and oxygen atoms in total. The van der Waals surface area contributed by atoms with Gasteiger partial charge in [0.25, 0.3) is 0 Å². The summed E-state index contributed by atoms with van der Waals surface area (Å²) < 4.78 is 16.1. The maximum absolute atomic E-state index is 12.5. The number of aromatic amines is 1. The molecule has 1 aromatic carbocycles. The van der Waals surface area contributed by atoms with Crippen LogP contribution in [0.2, 0.25) is 0 Å². The predicted molar refractivity (Wildman–Crippen MR) is 88.4 cm³/mol. The number of nitrogens with one attached hydrogen (secondary N) is 2. The number of carbonyl (C=O) groups is 1. The van der Waals surface area contributed by atoms with Crippen LogP contribution in [0.1, 0.15) is 5.56 Å². The van der Waals surface area contributed by atoms with E-state index in [9.17, 15) is 4.79 Å². The molecule has 0 saturated carbocycles. The topological polar surface area (TPSA) is 102 Å². The van der Waals surface area contributed by atoms with Crippen molar-refractivity contribution in [2.75, 3.05) is 19.0 Å². The summed E-state index contributed by atoms with van der Waals surface area (Å²) in [4.78, 5) is 16.7. The van der Waals surface area contributed by atoms with Crippen molar-refractivity contribution in [3.63, 3.8) is 0 Å². The van der Waals surface area contributed by atoms with Crippen LogP contribution in [0, 0.1) is 5.92 Å². The minimum Gasteiger partial charge on any atom is -0.497 e. The molecule has 0 spiro atoms. The number of nitrogens with zero attached hydrogens (tertiary/aromatic N) is 2. The van der Waals surface area contributed by atoms with Crippen LogP contribution in [0.25, 0.3) is 11.6 Å². The average molecular weight is 340 g/mol. The van der Waals surface area contributed by atoms with Crippen LogP contribution >= 0.6 is 0 Å². The van der Waals surface area contributed by atoms with Crippen LogP contribution in [-0.2, 0) is 11.2 Å². The lowest BCUT2D eigenvalue weighted by atomic mass is 9.96. The molecule has 2 aromatic heterocycles. The van der Waals surface area contributed by atoms with Gasteiger partial charge in [0, 0.05) is 0 Å². The van der Waals surface area contributed by atoms with Crippen LogP contribution in [0.4, 0.5) is 5.95 Å². The van der Waals surface area contributed by atoms with Crippen molar-refractivity contribution in [3.8, 4) is 23.1 Å². The number of benzene rings is 1. The Hall–Kier alpha value is -3.29. The number of methoxy groups -OCH3 is 1. The number of amides is 1. The van der Waals surface area contributed by atoms with Crippen LogP contribution in [0.15, 0.2) is 41.0 Å². The summed E-state index contributed by atoms with van der Waals surface area (Å²) in [6.45, 7) is 0.306. The molecule has 1 amide bonds. The Kier molecular flexibility index (Phi) is 3.85. The fourth-order valence-electron chi connectivity index (χ4n) is 2.72. The number of aromatic nitrogens is 3. The molecule has 1 aliphatic rings. The second kappa shape index (κ2) is 6.31. The Morgan fingerprint density at radius 3 is 3.12 bits per heavy atom. The van der Waals surface area contributed by atoms with Gasteiger partial charge in [-0.15, -0.1) is 5.10 Å². The van der Waals surface area contributed by atoms with Gasteiger partial charge in [-0.25, -0.2) is 0 Å². The second-order valence-electron chi connectivity index (χ2n) is 5.66. The molecular weight excluding hydrogens is 324 g/mol. The van der Waals surface area contributed by atoms with Crippen LogP contribution < -0.4 is 14.8 Å². The maximum atomic E-state index is 12.5. The number of ether oxygens (including phenoxy) is 2. The number of fused-ring (bicyclic) bond motifs is 1. The quantitative estimate of drug-likeness (QED) is 0.755. The van der Waals surface area contributed by atoms with Gasteiger partial charge in [0.1, 0.15) is 18.1 Å². The van der Waals surface area contributed by atoms with E-state index in [1.54, 1.807) is 25.5 Å². The van der Waals surface area contributed by atoms with Gasteiger partial charge in [0.15, 0.2) is 11.6 Å².